The number of nitrogens with one attached hydrogen (secondary N) is 2. The van der Waals surface area contributed by atoms with Gasteiger partial charge in [0, 0.05) is 49.1 Å². The van der Waals surface area contributed by atoms with E-state index in [0.29, 0.717) is 12.1 Å². The van der Waals surface area contributed by atoms with Crippen LogP contribution in [0.1, 0.15) is 36.1 Å². The van der Waals surface area contributed by atoms with Gasteiger partial charge >= 0.3 is 0 Å². The molecule has 2 aliphatic rings. The second kappa shape index (κ2) is 7.24. The van der Waals surface area contributed by atoms with Crippen LogP contribution in [-0.4, -0.2) is 26.3 Å². The third kappa shape index (κ3) is 3.25. The molecule has 126 valence electrons. The summed E-state index contributed by atoms with van der Waals surface area (Å²) in [6.45, 7) is 3.46. The van der Waals surface area contributed by atoms with Gasteiger partial charge in [0.25, 0.3) is 0 Å². The van der Waals surface area contributed by atoms with E-state index in [1.807, 2.05) is 12.1 Å². The molecule has 24 heavy (non-hydrogen) atoms. The molecule has 0 bridgehead atoms. The van der Waals surface area contributed by atoms with Gasteiger partial charge in [-0.05, 0) is 12.1 Å². The van der Waals surface area contributed by atoms with Crippen molar-refractivity contribution in [2.24, 2.45) is 0 Å². The molecule has 0 aliphatic carbocycles. The normalized spacial score (nSPS) is 22.0. The Balaban J connectivity index is 1.30. The van der Waals surface area contributed by atoms with Gasteiger partial charge in [-0.3, -0.25) is 0 Å². The number of benzene rings is 2. The van der Waals surface area contributed by atoms with Gasteiger partial charge in [-0.1, -0.05) is 36.4 Å². The zero-order valence-electron chi connectivity index (χ0n) is 13.8. The van der Waals surface area contributed by atoms with Gasteiger partial charge in [-0.15, -0.1) is 0 Å². The second-order valence-corrected chi connectivity index (χ2v) is 6.36. The average Bonchev–Trinajstić information content (AvgIpc) is 2.65. The van der Waals surface area contributed by atoms with Gasteiger partial charge in [0.05, 0.1) is 13.2 Å². The first kappa shape index (κ1) is 15.5. The molecule has 0 aromatic heterocycles. The monoisotopic (exact) mass is 324 g/mol. The lowest BCUT2D eigenvalue weighted by atomic mass is 10.00. The van der Waals surface area contributed by atoms with Gasteiger partial charge in [0.1, 0.15) is 11.5 Å². The van der Waals surface area contributed by atoms with Crippen molar-refractivity contribution >= 4 is 0 Å². The third-order valence-electron chi connectivity index (χ3n) is 4.82. The van der Waals surface area contributed by atoms with E-state index in [9.17, 15) is 0 Å². The Morgan fingerprint density at radius 2 is 1.17 bits per heavy atom. The van der Waals surface area contributed by atoms with E-state index in [0.717, 1.165) is 50.6 Å². The molecular formula is C20H24N2O2. The Morgan fingerprint density at radius 1 is 0.708 bits per heavy atom. The molecule has 4 rings (SSSR count). The zero-order chi connectivity index (χ0) is 16.2. The highest BCUT2D eigenvalue weighted by Gasteiger charge is 2.22. The van der Waals surface area contributed by atoms with Crippen molar-refractivity contribution in [2.45, 2.75) is 24.9 Å². The zero-order valence-corrected chi connectivity index (χ0v) is 13.8. The molecule has 2 heterocycles. The van der Waals surface area contributed by atoms with Crippen LogP contribution in [0.15, 0.2) is 48.5 Å². The van der Waals surface area contributed by atoms with Crippen molar-refractivity contribution in [2.75, 3.05) is 26.3 Å². The molecule has 2 aliphatic heterocycles. The summed E-state index contributed by atoms with van der Waals surface area (Å²) in [5, 5.41) is 7.34. The first-order valence-corrected chi connectivity index (χ1v) is 8.82. The van der Waals surface area contributed by atoms with Gasteiger partial charge in [0.15, 0.2) is 0 Å². The fourth-order valence-corrected chi connectivity index (χ4v) is 3.60. The van der Waals surface area contributed by atoms with Crippen molar-refractivity contribution in [1.29, 1.82) is 0 Å². The molecule has 0 fully saturated rings. The van der Waals surface area contributed by atoms with Crippen molar-refractivity contribution in [3.8, 4) is 11.5 Å². The first-order valence-electron chi connectivity index (χ1n) is 8.82. The Hall–Kier alpha value is -2.04. The van der Waals surface area contributed by atoms with Crippen LogP contribution in [0.2, 0.25) is 0 Å². The highest BCUT2D eigenvalue weighted by Crippen LogP contribution is 2.32. The largest absolute Gasteiger partial charge is 0.493 e. The molecular weight excluding hydrogens is 300 g/mol. The standard InChI is InChI=1S/C20H24N2O2/c1-3-7-19-15(5-1)17(9-13-23-19)21-11-12-22-18-10-14-24-20-8-4-2-6-16(18)20/h1-8,17-18,21-22H,9-14H2/t17-,18-/m0/s1. The molecule has 0 saturated carbocycles. The van der Waals surface area contributed by atoms with Crippen LogP contribution in [0.3, 0.4) is 0 Å². The van der Waals surface area contributed by atoms with Gasteiger partial charge in [-0.2, -0.15) is 0 Å². The molecule has 4 nitrogen and oxygen atoms in total. The fraction of sp³-hybridized carbons (Fsp3) is 0.400. The highest BCUT2D eigenvalue weighted by molar-refractivity contribution is 5.38. The fourth-order valence-electron chi connectivity index (χ4n) is 3.60. The second-order valence-electron chi connectivity index (χ2n) is 6.36. The van der Waals surface area contributed by atoms with E-state index in [1.165, 1.54) is 11.1 Å². The minimum Gasteiger partial charge on any atom is -0.493 e. The maximum absolute atomic E-state index is 5.72. The molecule has 2 N–H and O–H groups in total. The van der Waals surface area contributed by atoms with E-state index >= 15 is 0 Å². The lowest BCUT2D eigenvalue weighted by Gasteiger charge is -2.28. The van der Waals surface area contributed by atoms with E-state index in [1.54, 1.807) is 0 Å². The number of hydrogen-bond acceptors (Lipinski definition) is 4. The van der Waals surface area contributed by atoms with Crippen LogP contribution in [0.5, 0.6) is 11.5 Å². The van der Waals surface area contributed by atoms with E-state index in [4.69, 9.17) is 9.47 Å². The van der Waals surface area contributed by atoms with Crippen molar-refractivity contribution < 1.29 is 9.47 Å². The summed E-state index contributed by atoms with van der Waals surface area (Å²) < 4.78 is 11.4. The highest BCUT2D eigenvalue weighted by atomic mass is 16.5. The van der Waals surface area contributed by atoms with Gasteiger partial charge in [0.2, 0.25) is 0 Å². The van der Waals surface area contributed by atoms with Gasteiger partial charge < -0.3 is 20.1 Å². The summed E-state index contributed by atoms with van der Waals surface area (Å²) in [5.74, 6) is 2.04. The van der Waals surface area contributed by atoms with Crippen LogP contribution < -0.4 is 20.1 Å². The van der Waals surface area contributed by atoms with Gasteiger partial charge in [-0.25, -0.2) is 0 Å². The Bertz CT molecular complexity index is 629. The maximum atomic E-state index is 5.72. The van der Waals surface area contributed by atoms with Crippen molar-refractivity contribution in [1.82, 2.24) is 10.6 Å². The molecule has 0 spiro atoms. The first-order chi connectivity index (χ1) is 11.9. The summed E-state index contributed by atoms with van der Waals surface area (Å²) in [5.41, 5.74) is 2.56. The smallest absolute Gasteiger partial charge is 0.124 e. The van der Waals surface area contributed by atoms with Crippen molar-refractivity contribution in [3.05, 3.63) is 59.7 Å². The third-order valence-corrected chi connectivity index (χ3v) is 4.82. The lowest BCUT2D eigenvalue weighted by Crippen LogP contribution is -2.35. The SMILES string of the molecule is c1ccc2c(c1)OCC[C@@H]2NCCN[C@H]1CCOc2ccccc21. The van der Waals surface area contributed by atoms with E-state index in [2.05, 4.69) is 47.0 Å². The molecule has 0 amide bonds. The van der Waals surface area contributed by atoms with Crippen LogP contribution in [0.4, 0.5) is 0 Å². The Kier molecular flexibility index (Phi) is 4.67. The predicted molar refractivity (Wildman–Crippen MR) is 94.6 cm³/mol. The van der Waals surface area contributed by atoms with E-state index in [-0.39, 0.29) is 0 Å². The molecule has 0 unspecified atom stereocenters. The molecule has 0 saturated heterocycles. The molecule has 2 aromatic carbocycles. The van der Waals surface area contributed by atoms with Crippen LogP contribution in [0, 0.1) is 0 Å². The lowest BCUT2D eigenvalue weighted by molar-refractivity contribution is 0.245. The molecule has 0 radical (unpaired) electrons. The minimum atomic E-state index is 0.388. The quantitative estimate of drug-likeness (QED) is 0.829. The number of para-hydroxylation sites is 2. The summed E-state index contributed by atoms with van der Waals surface area (Å²) in [7, 11) is 0. The number of ether oxygens (including phenoxy) is 2. The summed E-state index contributed by atoms with van der Waals surface area (Å²) in [6, 6.07) is 17.4. The Morgan fingerprint density at radius 3 is 1.67 bits per heavy atom. The minimum absolute atomic E-state index is 0.388. The molecule has 2 atom stereocenters. The number of fused-ring (bicyclic) bond motifs is 2. The summed E-state index contributed by atoms with van der Waals surface area (Å²) in [4.78, 5) is 0. The molecule has 2 aromatic rings. The maximum Gasteiger partial charge on any atom is 0.124 e. The van der Waals surface area contributed by atoms with Crippen LogP contribution >= 0.6 is 0 Å². The summed E-state index contributed by atoms with van der Waals surface area (Å²) >= 11 is 0. The predicted octanol–water partition coefficient (Wildman–Crippen LogP) is 3.21. The number of rotatable bonds is 5. The van der Waals surface area contributed by atoms with Crippen LogP contribution in [-0.2, 0) is 0 Å². The van der Waals surface area contributed by atoms with Crippen molar-refractivity contribution in [3.63, 3.8) is 0 Å². The van der Waals surface area contributed by atoms with E-state index < -0.39 is 0 Å². The topological polar surface area (TPSA) is 42.5 Å². The summed E-state index contributed by atoms with van der Waals surface area (Å²) in [6.07, 6.45) is 2.05. The van der Waals surface area contributed by atoms with Crippen LogP contribution in [0.25, 0.3) is 0 Å². The Labute approximate surface area is 143 Å². The molecule has 4 heteroatoms. The number of hydrogen-bond donors (Lipinski definition) is 2. The average molecular weight is 324 g/mol.